The van der Waals surface area contributed by atoms with E-state index in [9.17, 15) is 4.57 Å². The van der Waals surface area contributed by atoms with E-state index in [-0.39, 0.29) is 12.6 Å². The maximum atomic E-state index is 11.1. The molecule has 0 spiro atoms. The highest BCUT2D eigenvalue weighted by Gasteiger charge is 2.17. The number of benzene rings is 1. The van der Waals surface area contributed by atoms with E-state index < -0.39 is 7.60 Å². The van der Waals surface area contributed by atoms with Crippen LogP contribution >= 0.6 is 7.60 Å². The SMILES string of the molecule is Cc1ccc2[nH]c(-c3nn[nH]n3)nc2c1CCP(=O)(O)O. The Kier molecular flexibility index (Phi) is 3.32. The molecule has 0 saturated heterocycles. The van der Waals surface area contributed by atoms with Crippen LogP contribution in [0.25, 0.3) is 22.7 Å². The molecule has 0 saturated carbocycles. The Morgan fingerprint density at radius 2 is 2.14 bits per heavy atom. The van der Waals surface area contributed by atoms with Crippen molar-refractivity contribution < 1.29 is 14.4 Å². The average Bonchev–Trinajstić information content (AvgIpc) is 3.04. The summed E-state index contributed by atoms with van der Waals surface area (Å²) in [6.45, 7) is 1.89. The third-order valence-corrected chi connectivity index (χ3v) is 4.01. The smallest absolute Gasteiger partial charge is 0.325 e. The van der Waals surface area contributed by atoms with Crippen molar-refractivity contribution in [1.82, 2.24) is 30.6 Å². The van der Waals surface area contributed by atoms with Gasteiger partial charge in [-0.05, 0) is 35.8 Å². The van der Waals surface area contributed by atoms with E-state index in [4.69, 9.17) is 9.79 Å². The molecule has 0 aliphatic heterocycles. The first-order chi connectivity index (χ1) is 9.94. The summed E-state index contributed by atoms with van der Waals surface area (Å²) in [6.07, 6.45) is 0.0430. The van der Waals surface area contributed by atoms with Gasteiger partial charge in [0, 0.05) is 0 Å². The van der Waals surface area contributed by atoms with Gasteiger partial charge in [-0.1, -0.05) is 6.07 Å². The summed E-state index contributed by atoms with van der Waals surface area (Å²) in [7, 11) is -4.05. The fraction of sp³-hybridized carbons (Fsp3) is 0.273. The number of fused-ring (bicyclic) bond motifs is 1. The zero-order valence-electron chi connectivity index (χ0n) is 11.1. The first kappa shape index (κ1) is 13.9. The first-order valence-electron chi connectivity index (χ1n) is 6.20. The third-order valence-electron chi connectivity index (χ3n) is 3.20. The van der Waals surface area contributed by atoms with Crippen LogP contribution in [0.3, 0.4) is 0 Å². The predicted molar refractivity (Wildman–Crippen MR) is 74.6 cm³/mol. The van der Waals surface area contributed by atoms with E-state index in [0.717, 1.165) is 16.6 Å². The molecule has 2 aromatic heterocycles. The Morgan fingerprint density at radius 3 is 2.81 bits per heavy atom. The highest BCUT2D eigenvalue weighted by atomic mass is 31.2. The maximum Gasteiger partial charge on any atom is 0.325 e. The summed E-state index contributed by atoms with van der Waals surface area (Å²) in [5, 5.41) is 13.5. The molecular formula is C11H13N6O3P. The summed E-state index contributed by atoms with van der Waals surface area (Å²) in [5.74, 6) is 0.798. The topological polar surface area (TPSA) is 141 Å². The van der Waals surface area contributed by atoms with Crippen molar-refractivity contribution in [2.75, 3.05) is 6.16 Å². The number of hydrogen-bond acceptors (Lipinski definition) is 5. The summed E-state index contributed by atoms with van der Waals surface area (Å²) in [5.41, 5.74) is 3.17. The molecule has 0 amide bonds. The van der Waals surface area contributed by atoms with Crippen LogP contribution in [-0.4, -0.2) is 46.5 Å². The zero-order valence-corrected chi connectivity index (χ0v) is 12.0. The number of imidazole rings is 1. The van der Waals surface area contributed by atoms with E-state index in [1.165, 1.54) is 0 Å². The van der Waals surface area contributed by atoms with Crippen LogP contribution < -0.4 is 0 Å². The van der Waals surface area contributed by atoms with Crippen molar-refractivity contribution in [2.24, 2.45) is 0 Å². The van der Waals surface area contributed by atoms with Gasteiger partial charge < -0.3 is 14.8 Å². The molecule has 1 aromatic carbocycles. The molecule has 0 aliphatic carbocycles. The summed E-state index contributed by atoms with van der Waals surface area (Å²) in [4.78, 5) is 25.6. The first-order valence-corrected chi connectivity index (χ1v) is 8.00. The number of rotatable bonds is 4. The molecule has 0 radical (unpaired) electrons. The van der Waals surface area contributed by atoms with Crippen LogP contribution in [0.2, 0.25) is 0 Å². The maximum absolute atomic E-state index is 11.1. The van der Waals surface area contributed by atoms with Crippen LogP contribution in [0.15, 0.2) is 12.1 Å². The second kappa shape index (κ2) is 5.03. The Morgan fingerprint density at radius 1 is 1.33 bits per heavy atom. The highest BCUT2D eigenvalue weighted by molar-refractivity contribution is 7.51. The average molecular weight is 308 g/mol. The van der Waals surface area contributed by atoms with Gasteiger partial charge in [0.1, 0.15) is 0 Å². The number of tetrazole rings is 1. The number of hydrogen-bond donors (Lipinski definition) is 4. The Hall–Kier alpha value is -2.09. The van der Waals surface area contributed by atoms with Gasteiger partial charge >= 0.3 is 7.60 Å². The molecule has 3 aromatic rings. The van der Waals surface area contributed by atoms with Crippen molar-refractivity contribution in [2.45, 2.75) is 13.3 Å². The molecule has 3 rings (SSSR count). The van der Waals surface area contributed by atoms with E-state index in [1.54, 1.807) is 0 Å². The lowest BCUT2D eigenvalue weighted by Gasteiger charge is -2.07. The summed E-state index contributed by atoms with van der Waals surface area (Å²) >= 11 is 0. The molecular weight excluding hydrogens is 295 g/mol. The number of H-pyrrole nitrogens is 2. The second-order valence-electron chi connectivity index (χ2n) is 4.72. The number of aromatic amines is 2. The fourth-order valence-corrected chi connectivity index (χ4v) is 2.69. The normalized spacial score (nSPS) is 12.1. The van der Waals surface area contributed by atoms with Crippen molar-refractivity contribution >= 4 is 18.6 Å². The van der Waals surface area contributed by atoms with Gasteiger partial charge in [0.15, 0.2) is 5.82 Å². The highest BCUT2D eigenvalue weighted by Crippen LogP contribution is 2.36. The van der Waals surface area contributed by atoms with Gasteiger partial charge in [0.25, 0.3) is 0 Å². The van der Waals surface area contributed by atoms with Gasteiger partial charge in [0.05, 0.1) is 17.2 Å². The molecule has 0 bridgehead atoms. The van der Waals surface area contributed by atoms with Gasteiger partial charge in [-0.25, -0.2) is 4.98 Å². The van der Waals surface area contributed by atoms with Gasteiger partial charge in [-0.2, -0.15) is 5.21 Å². The minimum Gasteiger partial charge on any atom is -0.335 e. The van der Waals surface area contributed by atoms with Crippen molar-refractivity contribution in [3.8, 4) is 11.6 Å². The van der Waals surface area contributed by atoms with Gasteiger partial charge in [-0.15, -0.1) is 10.2 Å². The number of nitrogens with zero attached hydrogens (tertiary/aromatic N) is 4. The standard InChI is InChI=1S/C11H13N6O3P/c1-6-2-3-8-9(7(6)4-5-21(18,19)20)13-10(12-8)11-14-16-17-15-11/h2-3H,4-5H2,1H3,(H,12,13)(H2,18,19,20)(H,14,15,16,17). The lowest BCUT2D eigenvalue weighted by atomic mass is 10.0. The van der Waals surface area contributed by atoms with E-state index >= 15 is 0 Å². The molecule has 2 heterocycles. The molecule has 10 heteroatoms. The zero-order chi connectivity index (χ0) is 15.0. The van der Waals surface area contributed by atoms with Crippen LogP contribution in [0.4, 0.5) is 0 Å². The summed E-state index contributed by atoms with van der Waals surface area (Å²) < 4.78 is 11.1. The van der Waals surface area contributed by atoms with Crippen LogP contribution in [0.5, 0.6) is 0 Å². The van der Waals surface area contributed by atoms with Crippen LogP contribution in [-0.2, 0) is 11.0 Å². The van der Waals surface area contributed by atoms with E-state index in [0.29, 0.717) is 17.2 Å². The molecule has 0 fully saturated rings. The number of aryl methyl sites for hydroxylation is 2. The predicted octanol–water partition coefficient (Wildman–Crippen LogP) is 0.772. The Bertz CT molecular complexity index is 822. The third kappa shape index (κ3) is 2.85. The molecule has 21 heavy (non-hydrogen) atoms. The lowest BCUT2D eigenvalue weighted by Crippen LogP contribution is -1.97. The quantitative estimate of drug-likeness (QED) is 0.522. The Balaban J connectivity index is 2.06. The van der Waals surface area contributed by atoms with Crippen LogP contribution in [0.1, 0.15) is 11.1 Å². The lowest BCUT2D eigenvalue weighted by molar-refractivity contribution is 0.373. The monoisotopic (exact) mass is 308 g/mol. The number of aromatic nitrogens is 6. The van der Waals surface area contributed by atoms with Crippen LogP contribution in [0, 0.1) is 6.92 Å². The van der Waals surface area contributed by atoms with Crippen molar-refractivity contribution in [3.63, 3.8) is 0 Å². The van der Waals surface area contributed by atoms with Gasteiger partial charge in [0.2, 0.25) is 5.82 Å². The van der Waals surface area contributed by atoms with Crippen molar-refractivity contribution in [1.29, 1.82) is 0 Å². The minimum atomic E-state index is -4.05. The number of nitrogens with one attached hydrogen (secondary N) is 2. The summed E-state index contributed by atoms with van der Waals surface area (Å²) in [6, 6.07) is 3.75. The molecule has 4 N–H and O–H groups in total. The second-order valence-corrected chi connectivity index (χ2v) is 6.49. The molecule has 0 aliphatic rings. The van der Waals surface area contributed by atoms with Gasteiger partial charge in [-0.3, -0.25) is 4.57 Å². The molecule has 110 valence electrons. The van der Waals surface area contributed by atoms with E-state index in [2.05, 4.69) is 30.6 Å². The van der Waals surface area contributed by atoms with E-state index in [1.807, 2.05) is 19.1 Å². The molecule has 0 atom stereocenters. The minimum absolute atomic E-state index is 0.211. The molecule has 0 unspecified atom stereocenters. The largest absolute Gasteiger partial charge is 0.335 e. The fourth-order valence-electron chi connectivity index (χ4n) is 2.17. The Labute approximate surface area is 119 Å². The molecule has 9 nitrogen and oxygen atoms in total. The van der Waals surface area contributed by atoms with Crippen molar-refractivity contribution in [3.05, 3.63) is 23.3 Å².